The van der Waals surface area contributed by atoms with Crippen LogP contribution in [-0.2, 0) is 58.0 Å². The van der Waals surface area contributed by atoms with Crippen molar-refractivity contribution in [3.63, 3.8) is 0 Å². The number of phenols is 1. The molecule has 4 aliphatic rings. The second-order valence-corrected chi connectivity index (χ2v) is 26.0. The van der Waals surface area contributed by atoms with E-state index in [4.69, 9.17) is 10.5 Å². The Morgan fingerprint density at radius 1 is 0.594 bits per heavy atom. The molecule has 0 aromatic heterocycles. The number of ether oxygens (including phenoxy) is 1. The third kappa shape index (κ3) is 28.0. The summed E-state index contributed by atoms with van der Waals surface area (Å²) >= 11 is 0. The van der Waals surface area contributed by atoms with Crippen LogP contribution in [0, 0.1) is 11.6 Å². The number of hydrogen-bond acceptors (Lipinski definition) is 18. The fourth-order valence-electron chi connectivity index (χ4n) is 12.9. The zero-order valence-electron chi connectivity index (χ0n) is 57.9. The predicted octanol–water partition coefficient (Wildman–Crippen LogP) is 0.978. The minimum absolute atomic E-state index is 0.0247. The Kier molecular flexibility index (Phi) is 33.1. The smallest absolute Gasteiger partial charge is 0.344 e. The molecule has 7 rings (SSSR count). The van der Waals surface area contributed by atoms with Crippen molar-refractivity contribution in [2.45, 2.75) is 109 Å². The fraction of sp³-hybridized carbons (Fsp3) is 0.594. The van der Waals surface area contributed by atoms with Crippen molar-refractivity contribution >= 4 is 59.4 Å². The molecule has 0 unspecified atom stereocenters. The molecule has 2 atom stereocenters. The molecular formula is C69H102F2N16O14. The number of unbranched alkanes of at least 4 members (excludes halogenated alkanes) is 2. The average Bonchev–Trinajstić information content (AvgIpc) is 1.69. The number of amides is 7. The maximum atomic E-state index is 14.8. The lowest BCUT2D eigenvalue weighted by Gasteiger charge is -2.42. The summed E-state index contributed by atoms with van der Waals surface area (Å²) in [7, 11) is 0. The van der Waals surface area contributed by atoms with Crippen LogP contribution in [0.1, 0.15) is 99.4 Å². The number of aliphatic carboxylic acids is 3. The van der Waals surface area contributed by atoms with Gasteiger partial charge in [-0.1, -0.05) is 49.7 Å². The molecule has 4 heterocycles. The summed E-state index contributed by atoms with van der Waals surface area (Å²) in [6, 6.07) is 14.2. The molecule has 30 nitrogen and oxygen atoms in total. The van der Waals surface area contributed by atoms with Crippen LogP contribution in [0.15, 0.2) is 65.7 Å². The van der Waals surface area contributed by atoms with Crippen molar-refractivity contribution in [3.8, 4) is 11.5 Å². The van der Waals surface area contributed by atoms with Gasteiger partial charge in [0.05, 0.1) is 32.8 Å². The number of aliphatic imine (C=N–C) groups is 1. The molecule has 0 saturated carbocycles. The summed E-state index contributed by atoms with van der Waals surface area (Å²) in [4.78, 5) is 133. The van der Waals surface area contributed by atoms with Gasteiger partial charge in [-0.3, -0.25) is 67.8 Å². The first-order valence-electron chi connectivity index (χ1n) is 35.1. The molecule has 3 saturated heterocycles. The van der Waals surface area contributed by atoms with E-state index in [-0.39, 0.29) is 109 Å². The molecule has 556 valence electrons. The van der Waals surface area contributed by atoms with Gasteiger partial charge in [0.2, 0.25) is 29.5 Å². The molecule has 3 aromatic rings. The van der Waals surface area contributed by atoms with Crippen molar-refractivity contribution in [1.82, 2.24) is 71.1 Å². The number of piperazine rings is 1. The minimum Gasteiger partial charge on any atom is -0.508 e. The molecule has 3 fully saturated rings. The number of carbonyl (C=O) groups is 9. The third-order valence-electron chi connectivity index (χ3n) is 18.5. The number of likely N-dealkylation sites (tertiary alicyclic amines) is 1. The fourth-order valence-corrected chi connectivity index (χ4v) is 12.9. The van der Waals surface area contributed by atoms with E-state index < -0.39 is 77.3 Å². The van der Waals surface area contributed by atoms with Gasteiger partial charge < -0.3 is 72.6 Å². The van der Waals surface area contributed by atoms with E-state index >= 15 is 0 Å². The van der Waals surface area contributed by atoms with Gasteiger partial charge in [0.15, 0.2) is 5.96 Å². The number of fused-ring (bicyclic) bond motifs is 1. The number of carboxylic acid groups (broad SMARTS) is 3. The zero-order valence-corrected chi connectivity index (χ0v) is 57.9. The van der Waals surface area contributed by atoms with Crippen LogP contribution < -0.4 is 42.4 Å². The molecular weight excluding hydrogens is 1310 g/mol. The highest BCUT2D eigenvalue weighted by atomic mass is 19.1. The van der Waals surface area contributed by atoms with E-state index in [1.807, 2.05) is 63.2 Å². The molecule has 0 radical (unpaired) electrons. The molecule has 0 spiro atoms. The van der Waals surface area contributed by atoms with E-state index in [2.05, 4.69) is 46.7 Å². The quantitative estimate of drug-likeness (QED) is 0.0222. The van der Waals surface area contributed by atoms with Gasteiger partial charge >= 0.3 is 23.9 Å². The van der Waals surface area contributed by atoms with Crippen molar-refractivity contribution < 1.29 is 77.1 Å². The number of guanidine groups is 1. The lowest BCUT2D eigenvalue weighted by molar-refractivity contribution is -0.140. The summed E-state index contributed by atoms with van der Waals surface area (Å²) < 4.78 is 35.8. The second kappa shape index (κ2) is 41.9. The first kappa shape index (κ1) is 79.7. The van der Waals surface area contributed by atoms with Gasteiger partial charge in [0.25, 0.3) is 0 Å². The highest BCUT2D eigenvalue weighted by Crippen LogP contribution is 2.33. The molecule has 3 aromatic carbocycles. The van der Waals surface area contributed by atoms with Gasteiger partial charge in [-0.25, -0.2) is 13.6 Å². The highest BCUT2D eigenvalue weighted by molar-refractivity contribution is 5.92. The van der Waals surface area contributed by atoms with Crippen molar-refractivity contribution in [2.24, 2.45) is 10.7 Å². The van der Waals surface area contributed by atoms with Crippen molar-refractivity contribution in [2.75, 3.05) is 157 Å². The molecule has 7 amide bonds. The van der Waals surface area contributed by atoms with Crippen LogP contribution in [0.5, 0.6) is 11.5 Å². The second-order valence-electron chi connectivity index (χ2n) is 26.0. The van der Waals surface area contributed by atoms with Crippen LogP contribution in [0.3, 0.4) is 0 Å². The summed E-state index contributed by atoms with van der Waals surface area (Å²) in [6.45, 7) is 11.1. The summed E-state index contributed by atoms with van der Waals surface area (Å²) in [5.41, 5.74) is 8.20. The summed E-state index contributed by atoms with van der Waals surface area (Å²) in [6.07, 6.45) is 5.71. The number of hydrogen-bond donors (Lipinski definition) is 11. The first-order valence-corrected chi connectivity index (χ1v) is 35.1. The molecule has 32 heteroatoms. The Morgan fingerprint density at radius 3 is 1.69 bits per heavy atom. The van der Waals surface area contributed by atoms with Crippen LogP contribution in [-0.4, -0.2) is 288 Å². The van der Waals surface area contributed by atoms with Gasteiger partial charge in [0, 0.05) is 181 Å². The Balaban J connectivity index is 0.813. The molecule has 12 N–H and O–H groups in total. The molecule has 0 aliphatic carbocycles. The van der Waals surface area contributed by atoms with Gasteiger partial charge in [-0.05, 0) is 73.8 Å². The van der Waals surface area contributed by atoms with E-state index in [1.165, 1.54) is 0 Å². The third-order valence-corrected chi connectivity index (χ3v) is 18.5. The number of nitrogens with zero attached hydrogens (tertiary/aromatic N) is 9. The SMILES string of the molecule is CCC(=O)NCCNC(=O)/N=C(/N)NCCC[C@@H](NC(=O)[C@H](c1ccc(OCCCN2CCN(C3CCN(C(=O)CCCCCNC(=O)CN4CCN(CC(=O)O)CCN(CC(=O)O)CCN(CC(=O)O)CC4)CC3)CC2)cc1)N1Cc2ccccc2C1)C(=O)NCc1c(F)cc(O)cc1F. The van der Waals surface area contributed by atoms with Gasteiger partial charge in [-0.15, -0.1) is 0 Å². The lowest BCUT2D eigenvalue weighted by Crippen LogP contribution is -2.53. The van der Waals surface area contributed by atoms with Crippen LogP contribution in [0.2, 0.25) is 0 Å². The van der Waals surface area contributed by atoms with E-state index in [0.717, 1.165) is 81.7 Å². The van der Waals surface area contributed by atoms with Crippen LogP contribution >= 0.6 is 0 Å². The lowest BCUT2D eigenvalue weighted by atomic mass is 10.0. The van der Waals surface area contributed by atoms with E-state index in [1.54, 1.807) is 21.6 Å². The Bertz CT molecular complexity index is 3170. The monoisotopic (exact) mass is 1420 g/mol. The Labute approximate surface area is 588 Å². The number of carbonyl (C=O) groups excluding carboxylic acids is 6. The van der Waals surface area contributed by atoms with E-state index in [0.29, 0.717) is 109 Å². The zero-order chi connectivity index (χ0) is 72.6. The summed E-state index contributed by atoms with van der Waals surface area (Å²) in [5, 5.41) is 54.6. The Morgan fingerprint density at radius 2 is 1.13 bits per heavy atom. The number of benzene rings is 3. The van der Waals surface area contributed by atoms with Crippen molar-refractivity contribution in [3.05, 3.63) is 94.6 Å². The highest BCUT2D eigenvalue weighted by Gasteiger charge is 2.35. The van der Waals surface area contributed by atoms with Crippen LogP contribution in [0.4, 0.5) is 13.6 Å². The molecule has 101 heavy (non-hydrogen) atoms. The Hall–Kier alpha value is -8.66. The summed E-state index contributed by atoms with van der Waals surface area (Å²) in [5.74, 6) is -6.89. The number of rotatable bonds is 35. The minimum atomic E-state index is -1.21. The maximum absolute atomic E-state index is 14.8. The molecule has 0 bridgehead atoms. The normalized spacial score (nSPS) is 17.5. The first-order chi connectivity index (χ1) is 48.6. The number of nitrogens with one attached hydrogen (secondary N) is 6. The average molecular weight is 1420 g/mol. The van der Waals surface area contributed by atoms with Crippen molar-refractivity contribution in [1.29, 1.82) is 0 Å². The molecule has 4 aliphatic heterocycles. The standard InChI is InChI=1S/C69H102F2N16O14/c1-2-59(89)74-22-23-76-69(100)79-68(72)75-21-8-12-58(66(98)77-42-55-56(70)40-53(88)41-57(55)71)78-67(99)65(87-43-50-10-5-6-11-51(50)44-87)49-14-16-54(17-15-49)101-39-9-24-80-35-37-85(38-36-80)52-18-25-86(26-19-52)61(91)13-4-3-7-20-73-60(90)45-81-27-29-82(46-62(92)93)31-33-84(48-64(96)97)34-32-83(30-28-81)47-63(94)95/h5-6,10-11,14-17,40-41,52,58,65,88H,2-4,7-9,12-13,18-39,42-48H2,1H3,(H,73,90)(H,74,89)(H,77,98)(H,78,99)(H,92,93)(H,94,95)(H,96,97)(H4,72,75,76,79,100)/t58-,65+/m1/s1. The predicted molar refractivity (Wildman–Crippen MR) is 370 cm³/mol. The van der Waals surface area contributed by atoms with Gasteiger partial charge in [-0.2, -0.15) is 4.99 Å². The van der Waals surface area contributed by atoms with E-state index in [9.17, 15) is 72.4 Å². The van der Waals surface area contributed by atoms with Crippen LogP contribution in [0.25, 0.3) is 0 Å². The number of carboxylic acids is 3. The number of halogens is 2. The maximum Gasteiger partial charge on any atom is 0.344 e. The number of piperidine rings is 1. The number of urea groups is 1. The van der Waals surface area contributed by atoms with Gasteiger partial charge in [0.1, 0.15) is 35.2 Å². The number of aromatic hydroxyl groups is 1. The number of phenolic OH excluding ortho intramolecular Hbond substituents is 1. The number of nitrogens with two attached hydrogens (primary N) is 1. The largest absolute Gasteiger partial charge is 0.508 e. The topological polar surface area (TPSA) is 380 Å².